The molecule has 3 N–H and O–H groups in total. The third kappa shape index (κ3) is 7.02. The fourth-order valence-electron chi connectivity index (χ4n) is 4.34. The Morgan fingerprint density at radius 3 is 2.19 bits per heavy atom. The van der Waals surface area contributed by atoms with Gasteiger partial charge in [0.05, 0.1) is 0 Å². The summed E-state index contributed by atoms with van der Waals surface area (Å²) in [6, 6.07) is 11.7. The molecule has 0 aromatic heterocycles. The molecule has 2 aromatic carbocycles. The van der Waals surface area contributed by atoms with E-state index in [4.69, 9.17) is 4.74 Å². The van der Waals surface area contributed by atoms with Crippen LogP contribution in [0.15, 0.2) is 48.5 Å². The number of carbonyl (C=O) groups is 3. The first-order valence-electron chi connectivity index (χ1n) is 12.8. The lowest BCUT2D eigenvalue weighted by molar-refractivity contribution is -0.146. The number of alkyl carbamates (subject to hydrolysis) is 1. The Labute approximate surface area is 219 Å². The summed E-state index contributed by atoms with van der Waals surface area (Å²) in [4.78, 5) is 42.2. The highest BCUT2D eigenvalue weighted by molar-refractivity contribution is 6.00. The molecule has 0 saturated heterocycles. The van der Waals surface area contributed by atoms with Crippen molar-refractivity contribution in [1.29, 1.82) is 0 Å². The van der Waals surface area contributed by atoms with Crippen molar-refractivity contribution in [3.05, 3.63) is 59.7 Å². The van der Waals surface area contributed by atoms with Gasteiger partial charge in [-0.25, -0.2) is 4.79 Å². The largest absolute Gasteiger partial charge is 0.508 e. The first kappa shape index (κ1) is 28.0. The smallest absolute Gasteiger partial charge is 0.408 e. The van der Waals surface area contributed by atoms with Crippen molar-refractivity contribution in [3.8, 4) is 5.75 Å². The van der Waals surface area contributed by atoms with Crippen molar-refractivity contribution in [2.75, 3.05) is 5.32 Å². The van der Waals surface area contributed by atoms with Crippen molar-refractivity contribution in [2.45, 2.75) is 84.5 Å². The molecule has 200 valence electrons. The first-order chi connectivity index (χ1) is 17.4. The minimum absolute atomic E-state index is 0.0780. The average Bonchev–Trinajstić information content (AvgIpc) is 2.76. The highest BCUT2D eigenvalue weighted by atomic mass is 16.6. The van der Waals surface area contributed by atoms with Crippen LogP contribution in [-0.4, -0.2) is 45.6 Å². The van der Waals surface area contributed by atoms with Gasteiger partial charge in [-0.15, -0.1) is 0 Å². The number of amides is 3. The predicted molar refractivity (Wildman–Crippen MR) is 143 cm³/mol. The van der Waals surface area contributed by atoms with E-state index in [2.05, 4.69) is 10.6 Å². The number of hydrogen-bond acceptors (Lipinski definition) is 5. The lowest BCUT2D eigenvalue weighted by Gasteiger charge is -2.44. The second kappa shape index (κ2) is 11.7. The molecule has 0 bridgehead atoms. The van der Waals surface area contributed by atoms with Gasteiger partial charge in [-0.1, -0.05) is 50.2 Å². The Balaban J connectivity index is 2.03. The van der Waals surface area contributed by atoms with Gasteiger partial charge < -0.3 is 25.4 Å². The Bertz CT molecular complexity index is 1120. The first-order valence-corrected chi connectivity index (χ1v) is 12.8. The Morgan fingerprint density at radius 2 is 1.65 bits per heavy atom. The van der Waals surface area contributed by atoms with E-state index in [0.29, 0.717) is 11.3 Å². The van der Waals surface area contributed by atoms with Crippen LogP contribution < -0.4 is 10.6 Å². The van der Waals surface area contributed by atoms with E-state index in [-0.39, 0.29) is 17.7 Å². The molecule has 1 saturated carbocycles. The van der Waals surface area contributed by atoms with Gasteiger partial charge in [-0.3, -0.25) is 9.59 Å². The summed E-state index contributed by atoms with van der Waals surface area (Å²) in [7, 11) is 0. The SMILES string of the molecule is Cc1ccccc1NC(=O)C(c1ccccc1O)N(C(=O)C(NC(=O)OC(C)(C)C)C(C)C)C1CCC1. The van der Waals surface area contributed by atoms with Crippen LogP contribution in [-0.2, 0) is 14.3 Å². The number of nitrogens with one attached hydrogen (secondary N) is 2. The van der Waals surface area contributed by atoms with Gasteiger partial charge in [0.1, 0.15) is 23.4 Å². The maximum Gasteiger partial charge on any atom is 0.408 e. The maximum absolute atomic E-state index is 14.2. The molecule has 0 aliphatic heterocycles. The van der Waals surface area contributed by atoms with Gasteiger partial charge in [0.25, 0.3) is 5.91 Å². The molecule has 3 rings (SSSR count). The Morgan fingerprint density at radius 1 is 1.03 bits per heavy atom. The number of aryl methyl sites for hydroxylation is 1. The number of phenols is 1. The molecule has 0 heterocycles. The summed E-state index contributed by atoms with van der Waals surface area (Å²) in [5.41, 5.74) is 1.10. The third-order valence-corrected chi connectivity index (χ3v) is 6.49. The number of para-hydroxylation sites is 2. The number of phenolic OH excluding ortho intramolecular Hbond substituents is 1. The van der Waals surface area contributed by atoms with Gasteiger partial charge in [0.2, 0.25) is 5.91 Å². The number of hydrogen-bond donors (Lipinski definition) is 3. The molecule has 1 aliphatic carbocycles. The van der Waals surface area contributed by atoms with Crippen molar-refractivity contribution in [1.82, 2.24) is 10.2 Å². The lowest BCUT2D eigenvalue weighted by atomic mass is 9.87. The number of ether oxygens (including phenoxy) is 1. The maximum atomic E-state index is 14.2. The van der Waals surface area contributed by atoms with Gasteiger partial charge in [0, 0.05) is 17.3 Å². The summed E-state index contributed by atoms with van der Waals surface area (Å²) >= 11 is 0. The van der Waals surface area contributed by atoms with E-state index >= 15 is 0 Å². The van der Waals surface area contributed by atoms with E-state index in [1.807, 2.05) is 39.0 Å². The topological polar surface area (TPSA) is 108 Å². The normalized spacial score (nSPS) is 15.3. The Kier molecular flexibility index (Phi) is 8.84. The number of nitrogens with zero attached hydrogens (tertiary/aromatic N) is 1. The molecule has 1 aliphatic rings. The van der Waals surface area contributed by atoms with Gasteiger partial charge in [-0.05, 0) is 70.6 Å². The number of aromatic hydroxyl groups is 1. The third-order valence-electron chi connectivity index (χ3n) is 6.49. The monoisotopic (exact) mass is 509 g/mol. The van der Waals surface area contributed by atoms with E-state index in [1.165, 1.54) is 6.07 Å². The minimum Gasteiger partial charge on any atom is -0.508 e. The van der Waals surface area contributed by atoms with Crippen LogP contribution in [0.5, 0.6) is 5.75 Å². The zero-order valence-electron chi connectivity index (χ0n) is 22.6. The molecule has 2 aromatic rings. The summed E-state index contributed by atoms with van der Waals surface area (Å²) in [5.74, 6) is -1.17. The van der Waals surface area contributed by atoms with E-state index < -0.39 is 35.6 Å². The molecule has 1 fully saturated rings. The van der Waals surface area contributed by atoms with Crippen LogP contribution in [0, 0.1) is 12.8 Å². The summed E-state index contributed by atoms with van der Waals surface area (Å²) in [5, 5.41) is 16.5. The predicted octanol–water partition coefficient (Wildman–Crippen LogP) is 5.31. The second-order valence-electron chi connectivity index (χ2n) is 11.0. The number of anilines is 1. The van der Waals surface area contributed by atoms with E-state index in [0.717, 1.165) is 24.8 Å². The quantitative estimate of drug-likeness (QED) is 0.447. The summed E-state index contributed by atoms with van der Waals surface area (Å²) in [6.45, 7) is 10.8. The fraction of sp³-hybridized carbons (Fsp3) is 0.483. The number of carbonyl (C=O) groups excluding carboxylic acids is 3. The van der Waals surface area contributed by atoms with Crippen molar-refractivity contribution in [3.63, 3.8) is 0 Å². The van der Waals surface area contributed by atoms with Gasteiger partial charge in [0.15, 0.2) is 0 Å². The average molecular weight is 510 g/mol. The van der Waals surface area contributed by atoms with E-state index in [1.54, 1.807) is 49.9 Å². The van der Waals surface area contributed by atoms with Crippen LogP contribution in [0.25, 0.3) is 0 Å². The number of benzene rings is 2. The van der Waals surface area contributed by atoms with Crippen LogP contribution in [0.1, 0.15) is 71.0 Å². The van der Waals surface area contributed by atoms with Crippen LogP contribution in [0.4, 0.5) is 10.5 Å². The Hall–Kier alpha value is -3.55. The molecule has 2 atom stereocenters. The summed E-state index contributed by atoms with van der Waals surface area (Å²) in [6.07, 6.45) is 1.68. The summed E-state index contributed by atoms with van der Waals surface area (Å²) < 4.78 is 5.41. The molecule has 3 amide bonds. The minimum atomic E-state index is -1.10. The highest BCUT2D eigenvalue weighted by Gasteiger charge is 2.43. The van der Waals surface area contributed by atoms with Crippen molar-refractivity contribution in [2.24, 2.45) is 5.92 Å². The molecule has 8 nitrogen and oxygen atoms in total. The zero-order chi connectivity index (χ0) is 27.3. The van der Waals surface area contributed by atoms with Crippen molar-refractivity contribution >= 4 is 23.6 Å². The molecule has 0 radical (unpaired) electrons. The standard InChI is InChI=1S/C29H39N3O5/c1-18(2)24(31-28(36)37-29(4,5)6)27(35)32(20-13-11-14-20)25(21-15-8-10-17-23(21)33)26(34)30-22-16-9-7-12-19(22)3/h7-10,12,15-18,20,24-25,33H,11,13-14H2,1-6H3,(H,30,34)(H,31,36). The zero-order valence-corrected chi connectivity index (χ0v) is 22.6. The molecule has 37 heavy (non-hydrogen) atoms. The van der Waals surface area contributed by atoms with Crippen LogP contribution in [0.2, 0.25) is 0 Å². The fourth-order valence-corrected chi connectivity index (χ4v) is 4.34. The van der Waals surface area contributed by atoms with Crippen molar-refractivity contribution < 1.29 is 24.2 Å². The molecule has 8 heteroatoms. The van der Waals surface area contributed by atoms with Gasteiger partial charge in [-0.2, -0.15) is 0 Å². The van der Waals surface area contributed by atoms with E-state index in [9.17, 15) is 19.5 Å². The highest BCUT2D eigenvalue weighted by Crippen LogP contribution is 2.37. The van der Waals surface area contributed by atoms with Crippen LogP contribution in [0.3, 0.4) is 0 Å². The van der Waals surface area contributed by atoms with Gasteiger partial charge >= 0.3 is 6.09 Å². The second-order valence-corrected chi connectivity index (χ2v) is 11.0. The number of rotatable bonds is 8. The molecule has 2 unspecified atom stereocenters. The van der Waals surface area contributed by atoms with Crippen LogP contribution >= 0.6 is 0 Å². The molecular formula is C29H39N3O5. The molecular weight excluding hydrogens is 470 g/mol. The molecule has 0 spiro atoms. The lowest BCUT2D eigenvalue weighted by Crippen LogP contribution is -2.58.